The highest BCUT2D eigenvalue weighted by atomic mass is 35.5. The minimum Gasteiger partial charge on any atom is -0.235 e. The van der Waals surface area contributed by atoms with Crippen LogP contribution >= 0.6 is 22.9 Å². The summed E-state index contributed by atoms with van der Waals surface area (Å²) < 4.78 is 0.978. The summed E-state index contributed by atoms with van der Waals surface area (Å²) in [4.78, 5) is 9.17. The molecular formula is C9H11ClN2S. The smallest absolute Gasteiger partial charge is 0.150 e. The fourth-order valence-electron chi connectivity index (χ4n) is 0.945. The highest BCUT2D eigenvalue weighted by Crippen LogP contribution is 2.27. The monoisotopic (exact) mass is 214 g/mol. The molecule has 0 unspecified atom stereocenters. The van der Waals surface area contributed by atoms with E-state index in [1.54, 1.807) is 11.3 Å². The van der Waals surface area contributed by atoms with Crippen molar-refractivity contribution in [2.45, 2.75) is 20.8 Å². The summed E-state index contributed by atoms with van der Waals surface area (Å²) in [6, 6.07) is 2.01. The van der Waals surface area contributed by atoms with E-state index in [1.807, 2.05) is 26.8 Å². The highest BCUT2D eigenvalue weighted by Gasteiger charge is 2.03. The van der Waals surface area contributed by atoms with Crippen LogP contribution in [0.4, 0.5) is 0 Å². The van der Waals surface area contributed by atoms with E-state index in [1.165, 1.54) is 11.2 Å². The molecule has 0 radical (unpaired) electrons. The van der Waals surface area contributed by atoms with E-state index in [4.69, 9.17) is 11.6 Å². The maximum Gasteiger partial charge on any atom is 0.150 e. The molecular weight excluding hydrogens is 204 g/mol. The Bertz CT molecular complexity index is 397. The Morgan fingerprint density at radius 3 is 2.62 bits per heavy atom. The number of fused-ring (bicyclic) bond motifs is 1. The van der Waals surface area contributed by atoms with Crippen molar-refractivity contribution >= 4 is 33.2 Å². The Morgan fingerprint density at radius 1 is 1.31 bits per heavy atom. The van der Waals surface area contributed by atoms with Gasteiger partial charge in [-0.2, -0.15) is 0 Å². The van der Waals surface area contributed by atoms with Gasteiger partial charge in [-0.1, -0.05) is 25.4 Å². The summed E-state index contributed by atoms with van der Waals surface area (Å²) in [5.41, 5.74) is 0.938. The van der Waals surface area contributed by atoms with E-state index in [0.29, 0.717) is 5.15 Å². The molecule has 0 aliphatic carbocycles. The second-order valence-corrected chi connectivity index (χ2v) is 3.85. The van der Waals surface area contributed by atoms with Gasteiger partial charge in [0.2, 0.25) is 0 Å². The van der Waals surface area contributed by atoms with Gasteiger partial charge < -0.3 is 0 Å². The van der Waals surface area contributed by atoms with E-state index < -0.39 is 0 Å². The van der Waals surface area contributed by atoms with Crippen molar-refractivity contribution in [3.8, 4) is 0 Å². The number of hydrogen-bond acceptors (Lipinski definition) is 3. The van der Waals surface area contributed by atoms with Crippen LogP contribution in [0.15, 0.2) is 12.4 Å². The van der Waals surface area contributed by atoms with Crippen LogP contribution in [0.1, 0.15) is 18.7 Å². The Morgan fingerprint density at radius 2 is 2.00 bits per heavy atom. The molecule has 2 heterocycles. The van der Waals surface area contributed by atoms with Crippen molar-refractivity contribution in [2.75, 3.05) is 0 Å². The van der Waals surface area contributed by atoms with E-state index in [2.05, 4.69) is 9.97 Å². The van der Waals surface area contributed by atoms with Gasteiger partial charge in [-0.3, -0.25) is 0 Å². The van der Waals surface area contributed by atoms with Crippen molar-refractivity contribution < 1.29 is 0 Å². The molecule has 0 aromatic carbocycles. The van der Waals surface area contributed by atoms with Gasteiger partial charge in [-0.25, -0.2) is 9.97 Å². The number of rotatable bonds is 0. The molecule has 70 valence electrons. The molecule has 0 bridgehead atoms. The standard InChI is InChI=1S/C7H5ClN2S.C2H6/c1-4-2-5-6(11-4)7(8)10-3-9-5;1-2/h2-3H,1H3;1-2H3. The average Bonchev–Trinajstić information content (AvgIpc) is 2.51. The minimum absolute atomic E-state index is 0.549. The Labute approximate surface area is 86.6 Å². The number of aromatic nitrogens is 2. The van der Waals surface area contributed by atoms with Crippen molar-refractivity contribution in [3.05, 3.63) is 22.4 Å². The van der Waals surface area contributed by atoms with Gasteiger partial charge in [-0.05, 0) is 13.0 Å². The molecule has 0 atom stereocenters. The minimum atomic E-state index is 0.549. The number of nitrogens with zero attached hydrogens (tertiary/aromatic N) is 2. The third kappa shape index (κ3) is 2.17. The summed E-state index contributed by atoms with van der Waals surface area (Å²) >= 11 is 7.45. The zero-order valence-corrected chi connectivity index (χ0v) is 9.41. The molecule has 0 N–H and O–H groups in total. The number of thiophene rings is 1. The van der Waals surface area contributed by atoms with Crippen LogP contribution in [-0.4, -0.2) is 9.97 Å². The van der Waals surface area contributed by atoms with Gasteiger partial charge in [0, 0.05) is 4.88 Å². The van der Waals surface area contributed by atoms with Crippen LogP contribution in [-0.2, 0) is 0 Å². The second kappa shape index (κ2) is 4.53. The Hall–Kier alpha value is -0.670. The number of halogens is 1. The van der Waals surface area contributed by atoms with Crippen LogP contribution in [0.5, 0.6) is 0 Å². The lowest BCUT2D eigenvalue weighted by Crippen LogP contribution is -1.76. The fraction of sp³-hybridized carbons (Fsp3) is 0.333. The quantitative estimate of drug-likeness (QED) is 0.626. The molecule has 2 rings (SSSR count). The van der Waals surface area contributed by atoms with Crippen LogP contribution in [0.3, 0.4) is 0 Å². The van der Waals surface area contributed by atoms with Crippen molar-refractivity contribution in [1.29, 1.82) is 0 Å². The molecule has 0 aliphatic heterocycles. The lowest BCUT2D eigenvalue weighted by Gasteiger charge is -1.87. The molecule has 2 aromatic heterocycles. The van der Waals surface area contributed by atoms with Gasteiger partial charge in [0.1, 0.15) is 11.5 Å². The molecule has 4 heteroatoms. The molecule has 2 aromatic rings. The second-order valence-electron chi connectivity index (χ2n) is 2.24. The number of hydrogen-bond donors (Lipinski definition) is 0. The average molecular weight is 215 g/mol. The zero-order chi connectivity index (χ0) is 9.84. The highest BCUT2D eigenvalue weighted by molar-refractivity contribution is 7.19. The third-order valence-electron chi connectivity index (χ3n) is 1.39. The van der Waals surface area contributed by atoms with Crippen LogP contribution in [0.25, 0.3) is 10.2 Å². The molecule has 0 spiro atoms. The molecule has 0 aliphatic rings. The van der Waals surface area contributed by atoms with Crippen molar-refractivity contribution in [3.63, 3.8) is 0 Å². The summed E-state index contributed by atoms with van der Waals surface area (Å²) in [6.07, 6.45) is 1.48. The normalized spacial score (nSPS) is 9.54. The van der Waals surface area contributed by atoms with Gasteiger partial charge in [0.05, 0.1) is 10.2 Å². The van der Waals surface area contributed by atoms with E-state index in [9.17, 15) is 0 Å². The first-order valence-electron chi connectivity index (χ1n) is 4.14. The van der Waals surface area contributed by atoms with Crippen LogP contribution in [0.2, 0.25) is 5.15 Å². The first-order valence-corrected chi connectivity index (χ1v) is 5.33. The zero-order valence-electron chi connectivity index (χ0n) is 7.84. The molecule has 0 saturated carbocycles. The van der Waals surface area contributed by atoms with Crippen LogP contribution in [0, 0.1) is 6.92 Å². The molecule has 0 saturated heterocycles. The van der Waals surface area contributed by atoms with Gasteiger partial charge in [-0.15, -0.1) is 11.3 Å². The predicted molar refractivity (Wildman–Crippen MR) is 58.5 cm³/mol. The van der Waals surface area contributed by atoms with Gasteiger partial charge >= 0.3 is 0 Å². The lowest BCUT2D eigenvalue weighted by molar-refractivity contribution is 1.23. The first-order chi connectivity index (χ1) is 6.27. The van der Waals surface area contributed by atoms with Crippen molar-refractivity contribution in [1.82, 2.24) is 9.97 Å². The summed E-state index contributed by atoms with van der Waals surface area (Å²) in [6.45, 7) is 6.03. The summed E-state index contributed by atoms with van der Waals surface area (Å²) in [5, 5.41) is 0.549. The van der Waals surface area contributed by atoms with Gasteiger partial charge in [0.25, 0.3) is 0 Å². The number of aryl methyl sites for hydroxylation is 1. The van der Waals surface area contributed by atoms with E-state index in [-0.39, 0.29) is 0 Å². The van der Waals surface area contributed by atoms with Gasteiger partial charge in [0.15, 0.2) is 0 Å². The molecule has 0 fully saturated rings. The fourth-order valence-corrected chi connectivity index (χ4v) is 2.05. The third-order valence-corrected chi connectivity index (χ3v) is 2.84. The SMILES string of the molecule is CC.Cc1cc2ncnc(Cl)c2s1. The maximum atomic E-state index is 5.83. The molecule has 0 amide bonds. The topological polar surface area (TPSA) is 25.8 Å². The van der Waals surface area contributed by atoms with Crippen LogP contribution < -0.4 is 0 Å². The van der Waals surface area contributed by atoms with E-state index >= 15 is 0 Å². The molecule has 2 nitrogen and oxygen atoms in total. The largest absolute Gasteiger partial charge is 0.235 e. The molecule has 13 heavy (non-hydrogen) atoms. The summed E-state index contributed by atoms with van der Waals surface area (Å²) in [5.74, 6) is 0. The first kappa shape index (κ1) is 10.4. The maximum absolute atomic E-state index is 5.83. The Kier molecular flexibility index (Phi) is 3.63. The Balaban J connectivity index is 0.000000396. The summed E-state index contributed by atoms with van der Waals surface area (Å²) in [7, 11) is 0. The predicted octanol–water partition coefficient (Wildman–Crippen LogP) is 3.68. The lowest BCUT2D eigenvalue weighted by atomic mass is 10.4. The van der Waals surface area contributed by atoms with Crippen molar-refractivity contribution in [2.24, 2.45) is 0 Å². The van der Waals surface area contributed by atoms with E-state index in [0.717, 1.165) is 10.2 Å².